The van der Waals surface area contributed by atoms with Crippen molar-refractivity contribution in [3.05, 3.63) is 42.4 Å². The molecular formula is C14H14N2O3. The number of anilines is 2. The SMILES string of the molecule is CN1CCOc2cc(NC(=O)c3ccco3)ccc21. The quantitative estimate of drug-likeness (QED) is 0.898. The van der Waals surface area contributed by atoms with Crippen LogP contribution in [0, 0.1) is 0 Å². The van der Waals surface area contributed by atoms with Gasteiger partial charge in [0.25, 0.3) is 5.91 Å². The lowest BCUT2D eigenvalue weighted by molar-refractivity contribution is 0.0996. The van der Waals surface area contributed by atoms with Gasteiger partial charge in [-0.25, -0.2) is 0 Å². The summed E-state index contributed by atoms with van der Waals surface area (Å²) in [6.45, 7) is 1.52. The summed E-state index contributed by atoms with van der Waals surface area (Å²) in [6, 6.07) is 8.92. The van der Waals surface area contributed by atoms with E-state index in [-0.39, 0.29) is 11.7 Å². The van der Waals surface area contributed by atoms with E-state index in [0.717, 1.165) is 18.0 Å². The van der Waals surface area contributed by atoms with Crippen molar-refractivity contribution in [2.75, 3.05) is 30.4 Å². The minimum absolute atomic E-state index is 0.269. The number of rotatable bonds is 2. The fourth-order valence-electron chi connectivity index (χ4n) is 2.04. The van der Waals surface area contributed by atoms with Gasteiger partial charge in [-0.15, -0.1) is 0 Å². The first-order valence-corrected chi connectivity index (χ1v) is 6.07. The van der Waals surface area contributed by atoms with E-state index >= 15 is 0 Å². The molecule has 5 nitrogen and oxygen atoms in total. The number of hydrogen-bond donors (Lipinski definition) is 1. The van der Waals surface area contributed by atoms with Crippen molar-refractivity contribution in [1.29, 1.82) is 0 Å². The van der Waals surface area contributed by atoms with E-state index in [1.165, 1.54) is 6.26 Å². The highest BCUT2D eigenvalue weighted by molar-refractivity contribution is 6.02. The summed E-state index contributed by atoms with van der Waals surface area (Å²) in [4.78, 5) is 14.0. The van der Waals surface area contributed by atoms with Gasteiger partial charge in [-0.1, -0.05) is 0 Å². The number of benzene rings is 1. The molecule has 0 radical (unpaired) electrons. The van der Waals surface area contributed by atoms with E-state index in [0.29, 0.717) is 12.3 Å². The number of hydrogen-bond acceptors (Lipinski definition) is 4. The van der Waals surface area contributed by atoms with Gasteiger partial charge in [0.2, 0.25) is 0 Å². The highest BCUT2D eigenvalue weighted by atomic mass is 16.5. The average molecular weight is 258 g/mol. The molecule has 0 saturated carbocycles. The van der Waals surface area contributed by atoms with Crippen LogP contribution in [0.5, 0.6) is 5.75 Å². The van der Waals surface area contributed by atoms with Crippen LogP contribution in [0.4, 0.5) is 11.4 Å². The smallest absolute Gasteiger partial charge is 0.291 e. The molecule has 2 aromatic rings. The van der Waals surface area contributed by atoms with E-state index in [4.69, 9.17) is 9.15 Å². The molecule has 0 saturated heterocycles. The van der Waals surface area contributed by atoms with Crippen LogP contribution in [-0.4, -0.2) is 26.1 Å². The van der Waals surface area contributed by atoms with Gasteiger partial charge in [0.15, 0.2) is 5.76 Å². The highest BCUT2D eigenvalue weighted by Crippen LogP contribution is 2.33. The number of nitrogens with one attached hydrogen (secondary N) is 1. The molecule has 5 heteroatoms. The maximum absolute atomic E-state index is 11.9. The topological polar surface area (TPSA) is 54.7 Å². The highest BCUT2D eigenvalue weighted by Gasteiger charge is 2.16. The van der Waals surface area contributed by atoms with Crippen LogP contribution in [0.1, 0.15) is 10.6 Å². The normalized spacial score (nSPS) is 13.6. The van der Waals surface area contributed by atoms with Gasteiger partial charge in [-0.05, 0) is 24.3 Å². The van der Waals surface area contributed by atoms with Crippen LogP contribution < -0.4 is 15.0 Å². The van der Waals surface area contributed by atoms with E-state index in [9.17, 15) is 4.79 Å². The van der Waals surface area contributed by atoms with E-state index in [1.54, 1.807) is 12.1 Å². The lowest BCUT2D eigenvalue weighted by atomic mass is 10.2. The minimum Gasteiger partial charge on any atom is -0.489 e. The predicted molar refractivity (Wildman–Crippen MR) is 71.9 cm³/mol. The number of likely N-dealkylation sites (N-methyl/N-ethyl adjacent to an activating group) is 1. The predicted octanol–water partition coefficient (Wildman–Crippen LogP) is 2.36. The zero-order valence-electron chi connectivity index (χ0n) is 10.6. The zero-order valence-corrected chi connectivity index (χ0v) is 10.6. The monoisotopic (exact) mass is 258 g/mol. The fraction of sp³-hybridized carbons (Fsp3) is 0.214. The first kappa shape index (κ1) is 11.6. The van der Waals surface area contributed by atoms with Gasteiger partial charge in [0, 0.05) is 18.8 Å². The van der Waals surface area contributed by atoms with Gasteiger partial charge in [-0.3, -0.25) is 4.79 Å². The molecule has 98 valence electrons. The lowest BCUT2D eigenvalue weighted by Crippen LogP contribution is -2.28. The van der Waals surface area contributed by atoms with Gasteiger partial charge in [0.05, 0.1) is 18.5 Å². The van der Waals surface area contributed by atoms with Gasteiger partial charge >= 0.3 is 0 Å². The lowest BCUT2D eigenvalue weighted by Gasteiger charge is -2.27. The fourth-order valence-corrected chi connectivity index (χ4v) is 2.04. The Kier molecular flexibility index (Phi) is 2.87. The number of carbonyl (C=O) groups excluding carboxylic acids is 1. The number of furan rings is 1. The molecule has 1 aromatic heterocycles. The van der Waals surface area contributed by atoms with Gasteiger partial charge < -0.3 is 19.4 Å². The molecule has 1 aliphatic rings. The number of nitrogens with zero attached hydrogens (tertiary/aromatic N) is 1. The van der Waals surface area contributed by atoms with Crippen molar-refractivity contribution < 1.29 is 13.9 Å². The van der Waals surface area contributed by atoms with Gasteiger partial charge in [0.1, 0.15) is 12.4 Å². The summed E-state index contributed by atoms with van der Waals surface area (Å²) in [5.41, 5.74) is 1.72. The van der Waals surface area contributed by atoms with Crippen LogP contribution in [0.2, 0.25) is 0 Å². The van der Waals surface area contributed by atoms with Crippen LogP contribution in [-0.2, 0) is 0 Å². The average Bonchev–Trinajstić information content (AvgIpc) is 2.93. The molecule has 2 heterocycles. The third-order valence-electron chi connectivity index (χ3n) is 3.06. The molecule has 0 unspecified atom stereocenters. The Hall–Kier alpha value is -2.43. The summed E-state index contributed by atoms with van der Waals surface area (Å²) in [7, 11) is 2.02. The molecule has 0 fully saturated rings. The summed E-state index contributed by atoms with van der Waals surface area (Å²) in [5, 5.41) is 2.78. The Labute approximate surface area is 110 Å². The van der Waals surface area contributed by atoms with E-state index < -0.39 is 0 Å². The number of carbonyl (C=O) groups is 1. The van der Waals surface area contributed by atoms with Crippen molar-refractivity contribution in [2.24, 2.45) is 0 Å². The molecule has 1 amide bonds. The largest absolute Gasteiger partial charge is 0.489 e. The van der Waals surface area contributed by atoms with Crippen LogP contribution >= 0.6 is 0 Å². The molecule has 1 aliphatic heterocycles. The Bertz CT molecular complexity index is 593. The minimum atomic E-state index is -0.269. The van der Waals surface area contributed by atoms with E-state index in [2.05, 4.69) is 10.2 Å². The Morgan fingerprint density at radius 1 is 1.37 bits per heavy atom. The number of amides is 1. The molecule has 0 spiro atoms. The van der Waals surface area contributed by atoms with Crippen molar-refractivity contribution in [3.8, 4) is 5.75 Å². The number of ether oxygens (including phenoxy) is 1. The summed E-state index contributed by atoms with van der Waals surface area (Å²) in [5.74, 6) is 0.802. The maximum Gasteiger partial charge on any atom is 0.291 e. The molecule has 1 aromatic carbocycles. The molecule has 0 aliphatic carbocycles. The molecule has 1 N–H and O–H groups in total. The second-order valence-corrected chi connectivity index (χ2v) is 4.38. The van der Waals surface area contributed by atoms with Crippen molar-refractivity contribution >= 4 is 17.3 Å². The summed E-state index contributed by atoms with van der Waals surface area (Å²) in [6.07, 6.45) is 1.47. The third-order valence-corrected chi connectivity index (χ3v) is 3.06. The standard InChI is InChI=1S/C14H14N2O3/c1-16-6-8-19-13-9-10(4-5-11(13)16)15-14(17)12-3-2-7-18-12/h2-5,7,9H,6,8H2,1H3,(H,15,17). The summed E-state index contributed by atoms with van der Waals surface area (Å²) < 4.78 is 10.6. The summed E-state index contributed by atoms with van der Waals surface area (Å²) >= 11 is 0. The van der Waals surface area contributed by atoms with Crippen LogP contribution in [0.3, 0.4) is 0 Å². The molecule has 0 atom stereocenters. The first-order valence-electron chi connectivity index (χ1n) is 6.07. The molecule has 19 heavy (non-hydrogen) atoms. The zero-order chi connectivity index (χ0) is 13.2. The molecule has 0 bridgehead atoms. The van der Waals surface area contributed by atoms with Crippen LogP contribution in [0.25, 0.3) is 0 Å². The number of fused-ring (bicyclic) bond motifs is 1. The van der Waals surface area contributed by atoms with Gasteiger partial charge in [-0.2, -0.15) is 0 Å². The van der Waals surface area contributed by atoms with Crippen molar-refractivity contribution in [1.82, 2.24) is 0 Å². The van der Waals surface area contributed by atoms with Crippen molar-refractivity contribution in [2.45, 2.75) is 0 Å². The second-order valence-electron chi connectivity index (χ2n) is 4.38. The first-order chi connectivity index (χ1) is 9.24. The Morgan fingerprint density at radius 2 is 2.26 bits per heavy atom. The third kappa shape index (κ3) is 2.27. The van der Waals surface area contributed by atoms with Crippen LogP contribution in [0.15, 0.2) is 41.0 Å². The Balaban J connectivity index is 1.81. The molecular weight excluding hydrogens is 244 g/mol. The maximum atomic E-state index is 11.9. The Morgan fingerprint density at radius 3 is 3.05 bits per heavy atom. The molecule has 3 rings (SSSR count). The van der Waals surface area contributed by atoms with E-state index in [1.807, 2.05) is 25.2 Å². The van der Waals surface area contributed by atoms with Crippen molar-refractivity contribution in [3.63, 3.8) is 0 Å². The second kappa shape index (κ2) is 4.68.